The van der Waals surface area contributed by atoms with E-state index in [0.717, 1.165) is 5.56 Å². The van der Waals surface area contributed by atoms with Gasteiger partial charge in [0.2, 0.25) is 5.91 Å². The van der Waals surface area contributed by atoms with Gasteiger partial charge in [-0.2, -0.15) is 0 Å². The number of carboxylic acids is 1. The summed E-state index contributed by atoms with van der Waals surface area (Å²) in [4.78, 5) is 22.9. The van der Waals surface area contributed by atoms with Crippen LogP contribution in [0.1, 0.15) is 38.8 Å². The van der Waals surface area contributed by atoms with E-state index in [4.69, 9.17) is 5.11 Å². The van der Waals surface area contributed by atoms with Crippen molar-refractivity contribution in [1.29, 1.82) is 0 Å². The lowest BCUT2D eigenvalue weighted by Gasteiger charge is -2.20. The molecule has 0 aliphatic carbocycles. The third-order valence-electron chi connectivity index (χ3n) is 2.55. The summed E-state index contributed by atoms with van der Waals surface area (Å²) in [7, 11) is 0. The maximum atomic E-state index is 11.9. The Morgan fingerprint density at radius 1 is 1.25 bits per heavy atom. The second-order valence-electron chi connectivity index (χ2n) is 5.53. The number of benzene rings is 1. The van der Waals surface area contributed by atoms with Crippen molar-refractivity contribution in [2.75, 3.05) is 5.75 Å². The Balaban J connectivity index is 2.66. The molecule has 0 bridgehead atoms. The molecule has 0 spiro atoms. The lowest BCUT2D eigenvalue weighted by atomic mass is 10.0. The Bertz CT molecular complexity index is 454. The van der Waals surface area contributed by atoms with Crippen molar-refractivity contribution >= 4 is 23.6 Å². The van der Waals surface area contributed by atoms with Crippen molar-refractivity contribution < 1.29 is 14.7 Å². The first-order valence-corrected chi connectivity index (χ1v) is 7.46. The van der Waals surface area contributed by atoms with E-state index in [0.29, 0.717) is 5.75 Å². The van der Waals surface area contributed by atoms with Gasteiger partial charge >= 0.3 is 5.97 Å². The molecule has 1 unspecified atom stereocenters. The van der Waals surface area contributed by atoms with E-state index in [2.05, 4.69) is 5.32 Å². The highest BCUT2D eigenvalue weighted by molar-refractivity contribution is 8.01. The van der Waals surface area contributed by atoms with Gasteiger partial charge in [-0.25, -0.2) is 0 Å². The van der Waals surface area contributed by atoms with Gasteiger partial charge in [-0.3, -0.25) is 9.59 Å². The molecule has 110 valence electrons. The number of aliphatic carboxylic acids is 1. The first-order chi connectivity index (χ1) is 9.28. The molecule has 1 amide bonds. The molecular weight excluding hydrogens is 274 g/mol. The lowest BCUT2D eigenvalue weighted by molar-refractivity contribution is -0.137. The Morgan fingerprint density at radius 2 is 1.85 bits per heavy atom. The minimum atomic E-state index is -0.928. The average molecular weight is 295 g/mol. The van der Waals surface area contributed by atoms with E-state index in [-0.39, 0.29) is 17.1 Å². The fourth-order valence-corrected chi connectivity index (χ4v) is 2.28. The van der Waals surface area contributed by atoms with Crippen molar-refractivity contribution in [1.82, 2.24) is 5.32 Å². The predicted octanol–water partition coefficient (Wildman–Crippen LogP) is 2.85. The van der Waals surface area contributed by atoms with Gasteiger partial charge in [-0.1, -0.05) is 51.1 Å². The number of hydrogen-bond acceptors (Lipinski definition) is 3. The maximum absolute atomic E-state index is 11.9. The van der Waals surface area contributed by atoms with Gasteiger partial charge in [0.05, 0.1) is 18.2 Å². The van der Waals surface area contributed by atoms with Gasteiger partial charge in [0.15, 0.2) is 0 Å². The second-order valence-corrected chi connectivity index (χ2v) is 7.33. The summed E-state index contributed by atoms with van der Waals surface area (Å²) in [5, 5.41) is 11.8. The summed E-state index contributed by atoms with van der Waals surface area (Å²) >= 11 is 1.54. The zero-order valence-electron chi connectivity index (χ0n) is 12.1. The number of nitrogens with one attached hydrogen (secondary N) is 1. The van der Waals surface area contributed by atoms with E-state index < -0.39 is 12.0 Å². The summed E-state index contributed by atoms with van der Waals surface area (Å²) in [6.07, 6.45) is -0.115. The quantitative estimate of drug-likeness (QED) is 0.847. The SMILES string of the molecule is CC(C)(C)SCC(=O)NC(CC(=O)O)c1ccccc1. The van der Waals surface area contributed by atoms with E-state index in [1.54, 1.807) is 0 Å². The molecule has 5 heteroatoms. The van der Waals surface area contributed by atoms with Crippen molar-refractivity contribution in [2.45, 2.75) is 38.0 Å². The van der Waals surface area contributed by atoms with E-state index >= 15 is 0 Å². The second kappa shape index (κ2) is 7.33. The molecule has 20 heavy (non-hydrogen) atoms. The largest absolute Gasteiger partial charge is 0.481 e. The molecule has 0 aliphatic rings. The van der Waals surface area contributed by atoms with Crippen molar-refractivity contribution in [3.8, 4) is 0 Å². The van der Waals surface area contributed by atoms with Gasteiger partial charge in [0.25, 0.3) is 0 Å². The topological polar surface area (TPSA) is 66.4 Å². The molecule has 1 aromatic carbocycles. The third-order valence-corrected chi connectivity index (χ3v) is 3.82. The Labute approximate surface area is 124 Å². The summed E-state index contributed by atoms with van der Waals surface area (Å²) in [5.41, 5.74) is 0.809. The lowest BCUT2D eigenvalue weighted by Crippen LogP contribution is -2.32. The van der Waals surface area contributed by atoms with Crippen LogP contribution in [0.4, 0.5) is 0 Å². The molecule has 2 N–H and O–H groups in total. The molecule has 0 aromatic heterocycles. The van der Waals surface area contributed by atoms with E-state index in [1.807, 2.05) is 51.1 Å². The minimum Gasteiger partial charge on any atom is -0.481 e. The summed E-state index contributed by atoms with van der Waals surface area (Å²) in [6, 6.07) is 8.69. The number of rotatable bonds is 6. The fraction of sp³-hybridized carbons (Fsp3) is 0.467. The highest BCUT2D eigenvalue weighted by Gasteiger charge is 2.19. The zero-order chi connectivity index (χ0) is 15.2. The minimum absolute atomic E-state index is 0.00633. The van der Waals surface area contributed by atoms with Crippen LogP contribution in [0.3, 0.4) is 0 Å². The number of amides is 1. The molecule has 0 heterocycles. The van der Waals surface area contributed by atoms with Crippen LogP contribution in [0.25, 0.3) is 0 Å². The number of thioether (sulfide) groups is 1. The molecule has 1 aromatic rings. The van der Waals surface area contributed by atoms with Crippen molar-refractivity contribution in [3.63, 3.8) is 0 Å². The Morgan fingerprint density at radius 3 is 2.35 bits per heavy atom. The molecule has 4 nitrogen and oxygen atoms in total. The first-order valence-electron chi connectivity index (χ1n) is 6.48. The Kier molecular flexibility index (Phi) is 6.07. The number of carboxylic acid groups (broad SMARTS) is 1. The first kappa shape index (κ1) is 16.6. The van der Waals surface area contributed by atoms with Crippen molar-refractivity contribution in [2.24, 2.45) is 0 Å². The smallest absolute Gasteiger partial charge is 0.305 e. The van der Waals surface area contributed by atoms with Crippen LogP contribution in [-0.2, 0) is 9.59 Å². The van der Waals surface area contributed by atoms with Crippen LogP contribution >= 0.6 is 11.8 Å². The predicted molar refractivity (Wildman–Crippen MR) is 81.8 cm³/mol. The monoisotopic (exact) mass is 295 g/mol. The molecule has 0 saturated carbocycles. The molecule has 0 aliphatic heterocycles. The fourth-order valence-electron chi connectivity index (χ4n) is 1.63. The van der Waals surface area contributed by atoms with Gasteiger partial charge in [0, 0.05) is 4.75 Å². The molecular formula is C15H21NO3S. The maximum Gasteiger partial charge on any atom is 0.305 e. The molecule has 1 rings (SSSR count). The van der Waals surface area contributed by atoms with Gasteiger partial charge in [-0.15, -0.1) is 11.8 Å². The molecule has 1 atom stereocenters. The number of carbonyl (C=O) groups is 2. The van der Waals surface area contributed by atoms with Crippen LogP contribution in [0.2, 0.25) is 0 Å². The van der Waals surface area contributed by atoms with Crippen LogP contribution in [0.5, 0.6) is 0 Å². The van der Waals surface area contributed by atoms with E-state index in [9.17, 15) is 9.59 Å². The normalized spacial score (nSPS) is 12.8. The molecule has 0 fully saturated rings. The van der Waals surface area contributed by atoms with Gasteiger partial charge in [-0.05, 0) is 5.56 Å². The molecule has 0 radical (unpaired) electrons. The summed E-state index contributed by atoms with van der Waals surface area (Å²) in [6.45, 7) is 6.12. The van der Waals surface area contributed by atoms with Crippen LogP contribution in [0, 0.1) is 0 Å². The standard InChI is InChI=1S/C15H21NO3S/c1-15(2,3)20-10-13(17)16-12(9-14(18)19)11-7-5-4-6-8-11/h4-8,12H,9-10H2,1-3H3,(H,16,17)(H,18,19). The van der Waals surface area contributed by atoms with Gasteiger partial charge < -0.3 is 10.4 Å². The number of carbonyl (C=O) groups excluding carboxylic acids is 1. The third kappa shape index (κ3) is 6.61. The van der Waals surface area contributed by atoms with Crippen LogP contribution in [-0.4, -0.2) is 27.5 Å². The van der Waals surface area contributed by atoms with Crippen LogP contribution in [0.15, 0.2) is 30.3 Å². The van der Waals surface area contributed by atoms with Crippen molar-refractivity contribution in [3.05, 3.63) is 35.9 Å². The summed E-state index contributed by atoms with van der Waals surface area (Å²) < 4.78 is 0.00633. The highest BCUT2D eigenvalue weighted by atomic mass is 32.2. The highest BCUT2D eigenvalue weighted by Crippen LogP contribution is 2.23. The van der Waals surface area contributed by atoms with E-state index in [1.165, 1.54) is 11.8 Å². The Hall–Kier alpha value is -1.49. The van der Waals surface area contributed by atoms with Gasteiger partial charge in [0.1, 0.15) is 0 Å². The average Bonchev–Trinajstić information content (AvgIpc) is 2.35. The number of hydrogen-bond donors (Lipinski definition) is 2. The summed E-state index contributed by atoms with van der Waals surface area (Å²) in [5.74, 6) is -0.741. The zero-order valence-corrected chi connectivity index (χ0v) is 12.9. The molecule has 0 saturated heterocycles. The van der Waals surface area contributed by atoms with Crippen LogP contribution < -0.4 is 5.32 Å².